The Hall–Kier alpha value is -3.26. The molecule has 0 saturated carbocycles. The van der Waals surface area contributed by atoms with Gasteiger partial charge in [-0.2, -0.15) is 4.98 Å². The fourth-order valence-electron chi connectivity index (χ4n) is 5.02. The zero-order valence-electron chi connectivity index (χ0n) is 22.2. The normalized spacial score (nSPS) is 19.6. The summed E-state index contributed by atoms with van der Waals surface area (Å²) in [7, 11) is 1.47. The summed E-state index contributed by atoms with van der Waals surface area (Å²) in [6.45, 7) is 12.3. The van der Waals surface area contributed by atoms with Gasteiger partial charge in [-0.05, 0) is 44.9 Å². The molecule has 3 heterocycles. The molecular formula is C28H39N6O2+. The number of anilines is 2. The molecule has 36 heavy (non-hydrogen) atoms. The Morgan fingerprint density at radius 3 is 2.42 bits per heavy atom. The van der Waals surface area contributed by atoms with E-state index in [9.17, 15) is 4.79 Å². The number of methoxy groups -OCH3 is 1. The first-order chi connectivity index (χ1) is 17.1. The van der Waals surface area contributed by atoms with E-state index in [0.717, 1.165) is 66.7 Å². The molecule has 3 aromatic rings. The summed E-state index contributed by atoms with van der Waals surface area (Å²) in [6, 6.07) is 12.7. The Kier molecular flexibility index (Phi) is 7.45. The van der Waals surface area contributed by atoms with E-state index in [-0.39, 0.29) is 23.4 Å². The molecule has 0 spiro atoms. The highest BCUT2D eigenvalue weighted by atomic mass is 16.5. The fourth-order valence-corrected chi connectivity index (χ4v) is 5.02. The van der Waals surface area contributed by atoms with Crippen LogP contribution in [0.5, 0.6) is 0 Å². The van der Waals surface area contributed by atoms with Crippen LogP contribution in [0.1, 0.15) is 57.4 Å². The van der Waals surface area contributed by atoms with Gasteiger partial charge in [0.05, 0.1) is 31.3 Å². The van der Waals surface area contributed by atoms with Gasteiger partial charge in [0.25, 0.3) is 0 Å². The van der Waals surface area contributed by atoms with Gasteiger partial charge in [-0.1, -0.05) is 37.6 Å². The number of nitrogens with zero attached hydrogens (tertiary/aromatic N) is 4. The zero-order chi connectivity index (χ0) is 25.9. The molecule has 4 rings (SSSR count). The number of esters is 1. The van der Waals surface area contributed by atoms with Crippen molar-refractivity contribution < 1.29 is 14.0 Å². The smallest absolute Gasteiger partial charge is 0.320 e. The van der Waals surface area contributed by atoms with E-state index >= 15 is 0 Å². The van der Waals surface area contributed by atoms with Gasteiger partial charge < -0.3 is 20.3 Å². The van der Waals surface area contributed by atoms with Gasteiger partial charge in [0.2, 0.25) is 5.95 Å². The number of nitrogens with two attached hydrogens (primary N) is 1. The van der Waals surface area contributed by atoms with E-state index in [1.54, 1.807) is 0 Å². The van der Waals surface area contributed by atoms with E-state index in [4.69, 9.17) is 15.5 Å². The number of quaternary nitrogens is 1. The number of ether oxygens (including phenoxy) is 1. The minimum absolute atomic E-state index is 0.00633. The molecule has 1 aliphatic heterocycles. The number of benzene rings is 1. The Bertz CT molecular complexity index is 1210. The average Bonchev–Trinajstić information content (AvgIpc) is 2.81. The topological polar surface area (TPSA) is 103 Å². The SMILES string of the molecule is CCCCNc1nc(N)nc2ccc(Cc3ccc(C[N+]4(C(C)(C)C)CC(C(=O)OC)C4)cc3)nc12. The lowest BCUT2D eigenvalue weighted by Gasteiger charge is -2.57. The first kappa shape index (κ1) is 25.8. The van der Waals surface area contributed by atoms with E-state index < -0.39 is 0 Å². The van der Waals surface area contributed by atoms with E-state index in [1.807, 2.05) is 12.1 Å². The highest BCUT2D eigenvalue weighted by molar-refractivity contribution is 5.86. The van der Waals surface area contributed by atoms with Crippen LogP contribution in [-0.4, -0.2) is 57.7 Å². The lowest BCUT2D eigenvalue weighted by Crippen LogP contribution is -2.72. The van der Waals surface area contributed by atoms with E-state index in [2.05, 4.69) is 67.2 Å². The van der Waals surface area contributed by atoms with Gasteiger partial charge in [-0.15, -0.1) is 0 Å². The van der Waals surface area contributed by atoms with Crippen molar-refractivity contribution in [3.8, 4) is 0 Å². The molecule has 0 atom stereocenters. The summed E-state index contributed by atoms with van der Waals surface area (Å²) in [5.41, 5.74) is 10.9. The van der Waals surface area contributed by atoms with Crippen LogP contribution in [0.25, 0.3) is 11.0 Å². The number of nitrogen functional groups attached to an aromatic ring is 1. The molecule has 2 aromatic heterocycles. The Morgan fingerprint density at radius 1 is 1.08 bits per heavy atom. The van der Waals surface area contributed by atoms with E-state index in [1.165, 1.54) is 18.2 Å². The van der Waals surface area contributed by atoms with Gasteiger partial charge in [0.15, 0.2) is 11.7 Å². The Balaban J connectivity index is 1.48. The van der Waals surface area contributed by atoms with Crippen molar-refractivity contribution in [2.45, 2.75) is 59.0 Å². The van der Waals surface area contributed by atoms with Crippen molar-refractivity contribution in [1.82, 2.24) is 15.0 Å². The maximum Gasteiger partial charge on any atom is 0.320 e. The fraction of sp³-hybridized carbons (Fsp3) is 0.500. The molecule has 8 heteroatoms. The number of pyridine rings is 1. The maximum atomic E-state index is 12.0. The van der Waals surface area contributed by atoms with Crippen molar-refractivity contribution in [3.63, 3.8) is 0 Å². The van der Waals surface area contributed by atoms with Crippen LogP contribution in [0.2, 0.25) is 0 Å². The van der Waals surface area contributed by atoms with Gasteiger partial charge in [-0.25, -0.2) is 9.97 Å². The van der Waals surface area contributed by atoms with Crippen LogP contribution in [0.15, 0.2) is 36.4 Å². The summed E-state index contributed by atoms with van der Waals surface area (Å²) in [4.78, 5) is 25.6. The summed E-state index contributed by atoms with van der Waals surface area (Å²) < 4.78 is 5.86. The molecule has 3 N–H and O–H groups in total. The molecule has 0 bridgehead atoms. The number of fused-ring (bicyclic) bond motifs is 1. The molecule has 1 aromatic carbocycles. The Morgan fingerprint density at radius 2 is 1.78 bits per heavy atom. The number of likely N-dealkylation sites (tertiary alicyclic amines) is 1. The summed E-state index contributed by atoms with van der Waals surface area (Å²) in [5, 5.41) is 3.36. The van der Waals surface area contributed by atoms with Crippen LogP contribution in [0.4, 0.5) is 11.8 Å². The number of carbonyl (C=O) groups is 1. The van der Waals surface area contributed by atoms with Gasteiger partial charge in [-0.3, -0.25) is 4.79 Å². The van der Waals surface area contributed by atoms with Crippen LogP contribution < -0.4 is 11.1 Å². The molecular weight excluding hydrogens is 452 g/mol. The third kappa shape index (κ3) is 5.43. The number of hydrogen-bond acceptors (Lipinski definition) is 7. The summed E-state index contributed by atoms with van der Waals surface area (Å²) in [5.74, 6) is 0.845. The van der Waals surface area contributed by atoms with Crippen LogP contribution in [0, 0.1) is 5.92 Å². The van der Waals surface area contributed by atoms with Crippen molar-refractivity contribution in [2.75, 3.05) is 37.8 Å². The number of unbranched alkanes of at least 4 members (excludes halogenated alkanes) is 1. The first-order valence-corrected chi connectivity index (χ1v) is 12.8. The predicted octanol–water partition coefficient (Wildman–Crippen LogP) is 4.33. The zero-order valence-corrected chi connectivity index (χ0v) is 22.2. The minimum Gasteiger partial charge on any atom is -0.468 e. The van der Waals surface area contributed by atoms with Gasteiger partial charge in [0, 0.05) is 24.2 Å². The molecule has 192 valence electrons. The van der Waals surface area contributed by atoms with Crippen molar-refractivity contribution in [1.29, 1.82) is 0 Å². The molecule has 1 saturated heterocycles. The lowest BCUT2D eigenvalue weighted by atomic mass is 9.85. The number of hydrogen-bond donors (Lipinski definition) is 2. The first-order valence-electron chi connectivity index (χ1n) is 12.8. The lowest BCUT2D eigenvalue weighted by molar-refractivity contribution is -1.02. The molecule has 0 amide bonds. The van der Waals surface area contributed by atoms with Crippen LogP contribution in [0.3, 0.4) is 0 Å². The van der Waals surface area contributed by atoms with Crippen molar-refractivity contribution in [2.24, 2.45) is 5.92 Å². The maximum absolute atomic E-state index is 12.0. The second-order valence-corrected chi connectivity index (χ2v) is 10.9. The summed E-state index contributed by atoms with van der Waals surface area (Å²) in [6.07, 6.45) is 2.87. The van der Waals surface area contributed by atoms with Gasteiger partial charge in [0.1, 0.15) is 12.1 Å². The third-order valence-corrected chi connectivity index (χ3v) is 7.43. The quantitative estimate of drug-likeness (QED) is 0.261. The second kappa shape index (κ2) is 10.4. The number of carbonyl (C=O) groups excluding carboxylic acids is 1. The number of aromatic nitrogens is 3. The van der Waals surface area contributed by atoms with Crippen LogP contribution >= 0.6 is 0 Å². The van der Waals surface area contributed by atoms with Crippen molar-refractivity contribution in [3.05, 3.63) is 53.2 Å². The number of nitrogens with one attached hydrogen (secondary N) is 1. The molecule has 0 unspecified atom stereocenters. The summed E-state index contributed by atoms with van der Waals surface area (Å²) >= 11 is 0. The molecule has 1 fully saturated rings. The molecule has 0 radical (unpaired) electrons. The number of rotatable bonds is 9. The second-order valence-electron chi connectivity index (χ2n) is 10.9. The van der Waals surface area contributed by atoms with E-state index in [0.29, 0.717) is 5.82 Å². The average molecular weight is 492 g/mol. The third-order valence-electron chi connectivity index (χ3n) is 7.43. The highest BCUT2D eigenvalue weighted by Gasteiger charge is 2.54. The molecule has 8 nitrogen and oxygen atoms in total. The highest BCUT2D eigenvalue weighted by Crippen LogP contribution is 2.38. The molecule has 1 aliphatic rings. The molecule has 0 aliphatic carbocycles. The minimum atomic E-state index is -0.0944. The Labute approximate surface area is 213 Å². The van der Waals surface area contributed by atoms with Gasteiger partial charge >= 0.3 is 5.97 Å². The predicted molar refractivity (Wildman–Crippen MR) is 143 cm³/mol. The van der Waals surface area contributed by atoms with Crippen LogP contribution in [-0.2, 0) is 22.5 Å². The monoisotopic (exact) mass is 491 g/mol. The standard InChI is InChI=1S/C28H39N6O2/c1-6-7-14-30-25-24-23(32-27(29)33-25)13-12-22(31-24)15-19-8-10-20(11-9-19)16-34(28(2,3)4)17-21(18-34)26(35)36-5/h8-13,21H,6-7,14-18H2,1-5H3,(H3,29,30,32,33)/q+1. The largest absolute Gasteiger partial charge is 0.468 e. The van der Waals surface area contributed by atoms with Crippen molar-refractivity contribution >= 4 is 28.8 Å².